The lowest BCUT2D eigenvalue weighted by molar-refractivity contribution is -0.124. The largest absolute Gasteiger partial charge is 0.453 e. The van der Waals surface area contributed by atoms with Crippen LogP contribution >= 0.6 is 0 Å². The highest BCUT2D eigenvalue weighted by molar-refractivity contribution is 7.89. The Morgan fingerprint density at radius 1 is 0.915 bits per heavy atom. The predicted molar refractivity (Wildman–Crippen MR) is 174 cm³/mol. The van der Waals surface area contributed by atoms with Gasteiger partial charge in [0.05, 0.1) is 12.0 Å². The van der Waals surface area contributed by atoms with Gasteiger partial charge in [0.2, 0.25) is 15.9 Å². The number of carbonyl (C=O) groups is 2. The Labute approximate surface area is 275 Å². The van der Waals surface area contributed by atoms with Crippen LogP contribution in [0.15, 0.2) is 83.8 Å². The number of hydrogen-bond acceptors (Lipinski definition) is 6. The van der Waals surface area contributed by atoms with Crippen LogP contribution in [0.3, 0.4) is 0 Å². The summed E-state index contributed by atoms with van der Waals surface area (Å²) in [6.07, 6.45) is 4.00. The van der Waals surface area contributed by atoms with Crippen LogP contribution in [0.25, 0.3) is 0 Å². The number of alkyl carbamates (subject to hydrolysis) is 1. The van der Waals surface area contributed by atoms with Crippen LogP contribution in [0, 0.1) is 17.6 Å². The molecule has 0 spiro atoms. The van der Waals surface area contributed by atoms with Gasteiger partial charge in [-0.2, -0.15) is 4.31 Å². The molecule has 0 radical (unpaired) electrons. The third-order valence-corrected chi connectivity index (χ3v) is 11.3. The smallest absolute Gasteiger partial charge is 0.407 e. The molecule has 1 aliphatic heterocycles. The minimum Gasteiger partial charge on any atom is -0.453 e. The second-order valence-corrected chi connectivity index (χ2v) is 14.1. The van der Waals surface area contributed by atoms with Gasteiger partial charge in [-0.1, -0.05) is 55.3 Å². The van der Waals surface area contributed by atoms with Crippen molar-refractivity contribution >= 4 is 22.0 Å². The molecule has 0 aromatic heterocycles. The summed E-state index contributed by atoms with van der Waals surface area (Å²) in [5.74, 6) is -2.05. The summed E-state index contributed by atoms with van der Waals surface area (Å²) in [7, 11) is -2.46. The van der Waals surface area contributed by atoms with Gasteiger partial charge in [0.1, 0.15) is 17.7 Å². The van der Waals surface area contributed by atoms with Gasteiger partial charge < -0.3 is 20.7 Å². The average molecular weight is 669 g/mol. The van der Waals surface area contributed by atoms with Crippen LogP contribution in [0.5, 0.6) is 0 Å². The van der Waals surface area contributed by atoms with Crippen molar-refractivity contribution in [1.29, 1.82) is 0 Å². The number of benzene rings is 3. The van der Waals surface area contributed by atoms with Crippen LogP contribution in [0.1, 0.15) is 55.6 Å². The molecule has 5 rings (SSSR count). The molecule has 1 saturated heterocycles. The number of hydrogen-bond donors (Lipinski definition) is 3. The molecule has 2 amide bonds. The summed E-state index contributed by atoms with van der Waals surface area (Å²) in [5.41, 5.74) is 1.11. The fraction of sp³-hybridized carbons (Fsp3) is 0.429. The normalized spacial score (nSPS) is 21.1. The molecule has 2 fully saturated rings. The molecule has 1 aliphatic carbocycles. The molecular weight excluding hydrogens is 626 g/mol. The van der Waals surface area contributed by atoms with E-state index in [2.05, 4.69) is 16.0 Å². The molecule has 4 atom stereocenters. The zero-order valence-electron chi connectivity index (χ0n) is 26.4. The Hall–Kier alpha value is -3.87. The third kappa shape index (κ3) is 8.54. The Kier molecular flexibility index (Phi) is 11.6. The van der Waals surface area contributed by atoms with Crippen molar-refractivity contribution < 1.29 is 31.5 Å². The molecule has 12 heteroatoms. The van der Waals surface area contributed by atoms with Gasteiger partial charge in [-0.3, -0.25) is 4.79 Å². The van der Waals surface area contributed by atoms with E-state index in [1.54, 1.807) is 58.9 Å². The topological polar surface area (TPSA) is 117 Å². The summed E-state index contributed by atoms with van der Waals surface area (Å²) in [5, 5.41) is 9.20. The number of nitrogens with zero attached hydrogens (tertiary/aromatic N) is 1. The number of rotatable bonds is 11. The van der Waals surface area contributed by atoms with Gasteiger partial charge in [0.15, 0.2) is 0 Å². The van der Waals surface area contributed by atoms with Crippen molar-refractivity contribution in [2.24, 2.45) is 5.92 Å². The van der Waals surface area contributed by atoms with Gasteiger partial charge in [-0.05, 0) is 79.1 Å². The fourth-order valence-electron chi connectivity index (χ4n) is 6.86. The SMILES string of the molecule is COC(=O)N[C@H](C(=O)N[C@H]1CCCC[C@@H]1CC[C@H]1CNCCN1S(=O)(=O)c1ccccc1)C(c1ccc(F)cc1)c1ccc(F)cc1. The zero-order valence-corrected chi connectivity index (χ0v) is 27.2. The highest BCUT2D eigenvalue weighted by Crippen LogP contribution is 2.33. The highest BCUT2D eigenvalue weighted by atomic mass is 32.2. The van der Waals surface area contributed by atoms with E-state index < -0.39 is 45.6 Å². The lowest BCUT2D eigenvalue weighted by atomic mass is 9.80. The van der Waals surface area contributed by atoms with Crippen LogP contribution in [-0.4, -0.2) is 69.6 Å². The Bertz CT molecular complexity index is 1550. The molecule has 3 aromatic rings. The summed E-state index contributed by atoms with van der Waals surface area (Å²) in [6.45, 7) is 1.49. The van der Waals surface area contributed by atoms with Crippen molar-refractivity contribution in [1.82, 2.24) is 20.3 Å². The number of sulfonamides is 1. The first-order chi connectivity index (χ1) is 22.7. The molecular formula is C35H42F2N4O5S. The Balaban J connectivity index is 1.35. The van der Waals surface area contributed by atoms with E-state index in [1.165, 1.54) is 31.4 Å². The predicted octanol–water partition coefficient (Wildman–Crippen LogP) is 4.94. The number of piperazine rings is 1. The average Bonchev–Trinajstić information content (AvgIpc) is 3.09. The number of nitrogens with one attached hydrogen (secondary N) is 3. The maximum absolute atomic E-state index is 14.1. The standard InChI is InChI=1S/C35H42F2N4O5S/c1-46-35(43)40-33(32(25-11-16-27(36)17-12-25)26-13-18-28(37)19-14-26)34(42)39-31-10-6-5-7-24(31)15-20-29-23-38-21-22-41(29)47(44,45)30-8-3-2-4-9-30/h2-4,8-9,11-14,16-19,24,29,31-33,38H,5-7,10,15,20-23H2,1H3,(H,39,42)(H,40,43)/t24-,29+,31+,33+/m1/s1. The van der Waals surface area contributed by atoms with Gasteiger partial charge >= 0.3 is 6.09 Å². The van der Waals surface area contributed by atoms with Crippen LogP contribution < -0.4 is 16.0 Å². The van der Waals surface area contributed by atoms with E-state index >= 15 is 0 Å². The van der Waals surface area contributed by atoms with E-state index in [0.29, 0.717) is 43.6 Å². The first-order valence-corrected chi connectivity index (χ1v) is 17.5. The van der Waals surface area contributed by atoms with Gasteiger partial charge in [-0.25, -0.2) is 22.0 Å². The first kappa shape index (κ1) is 34.5. The van der Waals surface area contributed by atoms with Crippen molar-refractivity contribution in [2.75, 3.05) is 26.7 Å². The number of halogens is 2. The van der Waals surface area contributed by atoms with Crippen LogP contribution in [-0.2, 0) is 19.6 Å². The van der Waals surface area contributed by atoms with Crippen molar-refractivity contribution in [3.8, 4) is 0 Å². The number of amides is 2. The van der Waals surface area contributed by atoms with Gasteiger partial charge in [-0.15, -0.1) is 0 Å². The van der Waals surface area contributed by atoms with E-state index in [-0.39, 0.29) is 22.9 Å². The molecule has 252 valence electrons. The monoisotopic (exact) mass is 668 g/mol. The number of carbonyl (C=O) groups excluding carboxylic acids is 2. The van der Waals surface area contributed by atoms with E-state index in [1.807, 2.05) is 0 Å². The third-order valence-electron chi connectivity index (χ3n) is 9.29. The maximum atomic E-state index is 14.1. The van der Waals surface area contributed by atoms with Crippen molar-refractivity contribution in [2.45, 2.75) is 67.5 Å². The highest BCUT2D eigenvalue weighted by Gasteiger charge is 2.38. The fourth-order valence-corrected chi connectivity index (χ4v) is 8.53. The van der Waals surface area contributed by atoms with E-state index in [9.17, 15) is 26.8 Å². The summed E-state index contributed by atoms with van der Waals surface area (Å²) >= 11 is 0. The van der Waals surface area contributed by atoms with Gasteiger partial charge in [0.25, 0.3) is 0 Å². The molecule has 1 saturated carbocycles. The van der Waals surface area contributed by atoms with Crippen molar-refractivity contribution in [3.63, 3.8) is 0 Å². The first-order valence-electron chi connectivity index (χ1n) is 16.1. The molecule has 0 bridgehead atoms. The van der Waals surface area contributed by atoms with Gasteiger partial charge in [0, 0.05) is 37.6 Å². The zero-order chi connectivity index (χ0) is 33.4. The lowest BCUT2D eigenvalue weighted by Crippen LogP contribution is -2.55. The van der Waals surface area contributed by atoms with Crippen molar-refractivity contribution in [3.05, 3.63) is 102 Å². The Morgan fingerprint density at radius 2 is 1.53 bits per heavy atom. The molecule has 1 heterocycles. The molecule has 3 aromatic carbocycles. The quantitative estimate of drug-likeness (QED) is 0.267. The molecule has 0 unspecified atom stereocenters. The molecule has 2 aliphatic rings. The van der Waals surface area contributed by atoms with E-state index in [0.717, 1.165) is 25.7 Å². The van der Waals surface area contributed by atoms with Crippen LogP contribution in [0.2, 0.25) is 0 Å². The molecule has 3 N–H and O–H groups in total. The lowest BCUT2D eigenvalue weighted by Gasteiger charge is -2.38. The molecule has 9 nitrogen and oxygen atoms in total. The second-order valence-electron chi connectivity index (χ2n) is 12.2. The summed E-state index contributed by atoms with van der Waals surface area (Å²) < 4.78 is 61.4. The second kappa shape index (κ2) is 15.8. The molecule has 47 heavy (non-hydrogen) atoms. The van der Waals surface area contributed by atoms with E-state index in [4.69, 9.17) is 4.74 Å². The van der Waals surface area contributed by atoms with Crippen LogP contribution in [0.4, 0.5) is 13.6 Å². The number of methoxy groups -OCH3 is 1. The Morgan fingerprint density at radius 3 is 2.15 bits per heavy atom. The summed E-state index contributed by atoms with van der Waals surface area (Å²) in [6, 6.07) is 18.1. The summed E-state index contributed by atoms with van der Waals surface area (Å²) in [4.78, 5) is 27.0. The minimum atomic E-state index is -3.67. The minimum absolute atomic E-state index is 0.0878. The maximum Gasteiger partial charge on any atom is 0.407 e. The number of ether oxygens (including phenoxy) is 1.